The smallest absolute Gasteiger partial charge is 0.256 e. The first-order valence-corrected chi connectivity index (χ1v) is 7.26. The van der Waals surface area contributed by atoms with Crippen molar-refractivity contribution < 1.29 is 13.6 Å². The van der Waals surface area contributed by atoms with Crippen molar-refractivity contribution in [1.82, 2.24) is 4.90 Å². The van der Waals surface area contributed by atoms with E-state index in [4.69, 9.17) is 0 Å². The van der Waals surface area contributed by atoms with Crippen molar-refractivity contribution in [2.24, 2.45) is 5.41 Å². The molecule has 1 amide bonds. The number of piperidine rings is 1. The predicted octanol–water partition coefficient (Wildman–Crippen LogP) is 4.01. The van der Waals surface area contributed by atoms with Crippen LogP contribution >= 0.6 is 0 Å². The van der Waals surface area contributed by atoms with Crippen molar-refractivity contribution in [3.8, 4) is 0 Å². The van der Waals surface area contributed by atoms with Crippen molar-refractivity contribution in [3.63, 3.8) is 0 Å². The Balaban J connectivity index is 2.11. The highest BCUT2D eigenvalue weighted by molar-refractivity contribution is 5.94. The largest absolute Gasteiger partial charge is 0.339 e. The van der Waals surface area contributed by atoms with Crippen LogP contribution in [0, 0.1) is 17.0 Å². The molecular weight excluding hydrogens is 260 g/mol. The molecule has 4 heteroatoms. The topological polar surface area (TPSA) is 20.3 Å². The van der Waals surface area contributed by atoms with Crippen molar-refractivity contribution in [3.05, 3.63) is 35.4 Å². The minimum absolute atomic E-state index is 0.162. The Hall–Kier alpha value is -1.45. The van der Waals surface area contributed by atoms with Gasteiger partial charge < -0.3 is 4.90 Å². The second kappa shape index (κ2) is 5.90. The monoisotopic (exact) mass is 281 g/mol. The molecule has 0 aliphatic carbocycles. The molecule has 2 nitrogen and oxygen atoms in total. The molecule has 0 saturated carbocycles. The molecule has 1 aliphatic heterocycles. The fraction of sp³-hybridized carbons (Fsp3) is 0.562. The van der Waals surface area contributed by atoms with Gasteiger partial charge in [0.1, 0.15) is 0 Å². The number of halogens is 2. The molecule has 1 heterocycles. The second-order valence-corrected chi connectivity index (χ2v) is 5.60. The lowest BCUT2D eigenvalue weighted by atomic mass is 9.74. The van der Waals surface area contributed by atoms with Crippen LogP contribution in [-0.2, 0) is 0 Å². The van der Waals surface area contributed by atoms with Gasteiger partial charge in [-0.05, 0) is 30.4 Å². The predicted molar refractivity (Wildman–Crippen MR) is 74.5 cm³/mol. The average molecular weight is 281 g/mol. The molecule has 0 aromatic heterocycles. The number of hydrogen-bond acceptors (Lipinski definition) is 1. The maximum absolute atomic E-state index is 13.7. The molecule has 1 aromatic rings. The number of amides is 1. The lowest BCUT2D eigenvalue weighted by Crippen LogP contribution is -2.43. The third kappa shape index (κ3) is 2.69. The average Bonchev–Trinajstić information content (AvgIpc) is 2.49. The van der Waals surface area contributed by atoms with Crippen LogP contribution in [0.1, 0.15) is 49.9 Å². The molecule has 0 bridgehead atoms. The van der Waals surface area contributed by atoms with Crippen molar-refractivity contribution in [1.29, 1.82) is 0 Å². The Morgan fingerprint density at radius 1 is 1.20 bits per heavy atom. The molecule has 1 aliphatic rings. The third-order valence-corrected chi connectivity index (χ3v) is 4.79. The zero-order valence-corrected chi connectivity index (χ0v) is 12.1. The summed E-state index contributed by atoms with van der Waals surface area (Å²) in [5.74, 6) is -2.41. The number of benzene rings is 1. The van der Waals surface area contributed by atoms with E-state index in [9.17, 15) is 13.6 Å². The fourth-order valence-corrected chi connectivity index (χ4v) is 2.98. The summed E-state index contributed by atoms with van der Waals surface area (Å²) in [5.41, 5.74) is 0.141. The molecule has 20 heavy (non-hydrogen) atoms. The first kappa shape index (κ1) is 14.9. The standard InChI is InChI=1S/C16H21F2NO/c1-3-16(4-2)8-10-19(11-9-16)15(20)12-6-5-7-13(17)14(12)18/h5-7H,3-4,8-11H2,1-2H3. The Labute approximate surface area is 118 Å². The van der Waals surface area contributed by atoms with Crippen LogP contribution in [0.5, 0.6) is 0 Å². The van der Waals surface area contributed by atoms with Crippen molar-refractivity contribution >= 4 is 5.91 Å². The van der Waals surface area contributed by atoms with Crippen LogP contribution in [0.15, 0.2) is 18.2 Å². The van der Waals surface area contributed by atoms with Crippen LogP contribution in [0.3, 0.4) is 0 Å². The Morgan fingerprint density at radius 3 is 2.35 bits per heavy atom. The highest BCUT2D eigenvalue weighted by Gasteiger charge is 2.33. The van der Waals surface area contributed by atoms with E-state index in [1.807, 2.05) is 0 Å². The van der Waals surface area contributed by atoms with Crippen molar-refractivity contribution in [2.75, 3.05) is 13.1 Å². The summed E-state index contributed by atoms with van der Waals surface area (Å²) < 4.78 is 26.9. The van der Waals surface area contributed by atoms with E-state index in [1.165, 1.54) is 12.1 Å². The number of nitrogens with zero attached hydrogens (tertiary/aromatic N) is 1. The minimum Gasteiger partial charge on any atom is -0.339 e. The van der Waals surface area contributed by atoms with Crippen LogP contribution in [0.4, 0.5) is 8.78 Å². The minimum atomic E-state index is -1.04. The van der Waals surface area contributed by atoms with Gasteiger partial charge in [-0.1, -0.05) is 32.8 Å². The van der Waals surface area contributed by atoms with Gasteiger partial charge in [0.25, 0.3) is 5.91 Å². The maximum atomic E-state index is 13.7. The SMILES string of the molecule is CCC1(CC)CCN(C(=O)c2cccc(F)c2F)CC1. The highest BCUT2D eigenvalue weighted by Crippen LogP contribution is 2.38. The van der Waals surface area contributed by atoms with E-state index in [1.54, 1.807) is 4.90 Å². The fourth-order valence-electron chi connectivity index (χ4n) is 2.98. The van der Waals surface area contributed by atoms with Gasteiger partial charge in [-0.25, -0.2) is 8.78 Å². The second-order valence-electron chi connectivity index (χ2n) is 5.60. The summed E-state index contributed by atoms with van der Waals surface area (Å²) in [4.78, 5) is 13.9. The zero-order valence-electron chi connectivity index (χ0n) is 12.1. The van der Waals surface area contributed by atoms with E-state index in [2.05, 4.69) is 13.8 Å². The van der Waals surface area contributed by atoms with Crippen molar-refractivity contribution in [2.45, 2.75) is 39.5 Å². The zero-order chi connectivity index (χ0) is 14.8. The van der Waals surface area contributed by atoms with Crippen LogP contribution in [-0.4, -0.2) is 23.9 Å². The third-order valence-electron chi connectivity index (χ3n) is 4.79. The van der Waals surface area contributed by atoms with Gasteiger partial charge in [0.15, 0.2) is 11.6 Å². The first-order valence-electron chi connectivity index (χ1n) is 7.26. The summed E-state index contributed by atoms with van der Waals surface area (Å²) >= 11 is 0. The van der Waals surface area contributed by atoms with Gasteiger partial charge in [0, 0.05) is 13.1 Å². The van der Waals surface area contributed by atoms with Gasteiger partial charge in [-0.2, -0.15) is 0 Å². The number of carbonyl (C=O) groups is 1. The van der Waals surface area contributed by atoms with Crippen LogP contribution < -0.4 is 0 Å². The van der Waals surface area contributed by atoms with Gasteiger partial charge in [0.05, 0.1) is 5.56 Å². The van der Waals surface area contributed by atoms with Crippen LogP contribution in [0.25, 0.3) is 0 Å². The van der Waals surface area contributed by atoms with Gasteiger partial charge in [-0.15, -0.1) is 0 Å². The highest BCUT2D eigenvalue weighted by atomic mass is 19.2. The van der Waals surface area contributed by atoms with E-state index < -0.39 is 17.5 Å². The van der Waals surface area contributed by atoms with E-state index in [0.717, 1.165) is 31.7 Å². The quantitative estimate of drug-likeness (QED) is 0.820. The molecule has 1 saturated heterocycles. The maximum Gasteiger partial charge on any atom is 0.256 e. The summed E-state index contributed by atoms with van der Waals surface area (Å²) in [5, 5.41) is 0. The van der Waals surface area contributed by atoms with E-state index >= 15 is 0 Å². The Morgan fingerprint density at radius 2 is 1.80 bits per heavy atom. The lowest BCUT2D eigenvalue weighted by molar-refractivity contribution is 0.0552. The summed E-state index contributed by atoms with van der Waals surface area (Å²) in [7, 11) is 0. The molecule has 0 radical (unpaired) electrons. The number of hydrogen-bond donors (Lipinski definition) is 0. The molecule has 0 unspecified atom stereocenters. The summed E-state index contributed by atoms with van der Waals surface area (Å²) in [6.45, 7) is 5.59. The van der Waals surface area contributed by atoms with Gasteiger partial charge in [-0.3, -0.25) is 4.79 Å². The summed E-state index contributed by atoms with van der Waals surface area (Å²) in [6.07, 6.45) is 4.06. The number of rotatable bonds is 3. The molecule has 0 spiro atoms. The normalized spacial score (nSPS) is 18.1. The Kier molecular flexibility index (Phi) is 4.41. The molecule has 2 rings (SSSR count). The lowest BCUT2D eigenvalue weighted by Gasteiger charge is -2.41. The molecule has 0 atom stereocenters. The number of carbonyl (C=O) groups excluding carboxylic acids is 1. The Bertz CT molecular complexity index is 487. The summed E-state index contributed by atoms with van der Waals surface area (Å²) in [6, 6.07) is 3.75. The van der Waals surface area contributed by atoms with E-state index in [0.29, 0.717) is 18.5 Å². The van der Waals surface area contributed by atoms with Crippen LogP contribution in [0.2, 0.25) is 0 Å². The van der Waals surface area contributed by atoms with Gasteiger partial charge >= 0.3 is 0 Å². The molecule has 1 aromatic carbocycles. The molecular formula is C16H21F2NO. The molecule has 0 N–H and O–H groups in total. The first-order chi connectivity index (χ1) is 9.53. The van der Waals surface area contributed by atoms with Gasteiger partial charge in [0.2, 0.25) is 0 Å². The number of likely N-dealkylation sites (tertiary alicyclic amines) is 1. The molecule has 110 valence electrons. The van der Waals surface area contributed by atoms with E-state index in [-0.39, 0.29) is 5.56 Å². The molecule has 1 fully saturated rings.